The molecule has 1 heterocycles. The normalized spacial score (nSPS) is 12.4. The molecular weight excluding hydrogens is 385 g/mol. The fourth-order valence-electron chi connectivity index (χ4n) is 2.68. The molecule has 0 radical (unpaired) electrons. The van der Waals surface area contributed by atoms with Gasteiger partial charge in [0.25, 0.3) is 0 Å². The van der Waals surface area contributed by atoms with Gasteiger partial charge in [-0.3, -0.25) is 0 Å². The van der Waals surface area contributed by atoms with E-state index in [0.717, 1.165) is 21.6 Å². The molecule has 1 atom stereocenters. The summed E-state index contributed by atoms with van der Waals surface area (Å²) in [6.07, 6.45) is -0.319. The van der Waals surface area contributed by atoms with Crippen LogP contribution in [-0.2, 0) is 5.75 Å². The first-order valence-electron chi connectivity index (χ1n) is 8.69. The molecule has 0 amide bonds. The average molecular weight is 406 g/mol. The van der Waals surface area contributed by atoms with Crippen molar-refractivity contribution in [2.45, 2.75) is 43.8 Å². The van der Waals surface area contributed by atoms with E-state index in [1.165, 1.54) is 12.1 Å². The minimum atomic E-state index is -0.319. The van der Waals surface area contributed by atoms with Gasteiger partial charge < -0.3 is 9.30 Å². The summed E-state index contributed by atoms with van der Waals surface area (Å²) in [4.78, 5) is 0. The second kappa shape index (κ2) is 8.76. The number of benzene rings is 2. The molecular formula is C20H21ClFN3OS. The van der Waals surface area contributed by atoms with Gasteiger partial charge in [0.1, 0.15) is 11.6 Å². The zero-order valence-corrected chi connectivity index (χ0v) is 17.0. The predicted octanol–water partition coefficient (Wildman–Crippen LogP) is 6.08. The highest BCUT2D eigenvalue weighted by Crippen LogP contribution is 2.30. The maximum Gasteiger partial charge on any atom is 0.191 e. The summed E-state index contributed by atoms with van der Waals surface area (Å²) in [5.41, 5.74) is 1.06. The van der Waals surface area contributed by atoms with Crippen molar-refractivity contribution in [1.29, 1.82) is 0 Å². The van der Waals surface area contributed by atoms with Crippen LogP contribution in [0.5, 0.6) is 5.75 Å². The first-order chi connectivity index (χ1) is 13.0. The summed E-state index contributed by atoms with van der Waals surface area (Å²) >= 11 is 7.84. The highest BCUT2D eigenvalue weighted by atomic mass is 35.5. The van der Waals surface area contributed by atoms with Crippen molar-refractivity contribution in [3.05, 3.63) is 70.8 Å². The number of nitrogens with zero attached hydrogens (tertiary/aromatic N) is 3. The van der Waals surface area contributed by atoms with E-state index in [4.69, 9.17) is 16.3 Å². The first-order valence-corrected chi connectivity index (χ1v) is 10.0. The van der Waals surface area contributed by atoms with E-state index in [1.54, 1.807) is 23.9 Å². The Bertz CT molecular complexity index is 898. The van der Waals surface area contributed by atoms with E-state index in [-0.39, 0.29) is 18.0 Å². The van der Waals surface area contributed by atoms with Gasteiger partial charge in [-0.1, -0.05) is 41.6 Å². The predicted molar refractivity (Wildman–Crippen MR) is 107 cm³/mol. The molecule has 1 aromatic heterocycles. The van der Waals surface area contributed by atoms with Crippen LogP contribution in [0.3, 0.4) is 0 Å². The quantitative estimate of drug-likeness (QED) is 0.446. The van der Waals surface area contributed by atoms with Crippen molar-refractivity contribution in [2.75, 3.05) is 0 Å². The highest BCUT2D eigenvalue weighted by Gasteiger charge is 2.21. The molecule has 142 valence electrons. The Morgan fingerprint density at radius 3 is 2.44 bits per heavy atom. The number of thioether (sulfide) groups is 1. The molecule has 3 rings (SSSR count). The van der Waals surface area contributed by atoms with Crippen LogP contribution in [0.1, 0.15) is 44.3 Å². The Labute approximate surface area is 167 Å². The van der Waals surface area contributed by atoms with Crippen LogP contribution < -0.4 is 4.74 Å². The van der Waals surface area contributed by atoms with Crippen LogP contribution in [0.2, 0.25) is 5.02 Å². The molecule has 0 saturated carbocycles. The van der Waals surface area contributed by atoms with E-state index in [9.17, 15) is 4.39 Å². The molecule has 0 aliphatic carbocycles. The summed E-state index contributed by atoms with van der Waals surface area (Å²) in [5, 5.41) is 10.3. The first kappa shape index (κ1) is 19.7. The Kier molecular flexibility index (Phi) is 6.39. The lowest BCUT2D eigenvalue weighted by atomic mass is 10.2. The number of hydrogen-bond donors (Lipinski definition) is 0. The zero-order chi connectivity index (χ0) is 19.4. The van der Waals surface area contributed by atoms with E-state index >= 15 is 0 Å². The molecule has 7 heteroatoms. The van der Waals surface area contributed by atoms with Crippen molar-refractivity contribution in [1.82, 2.24) is 14.8 Å². The number of halogens is 2. The summed E-state index contributed by atoms with van der Waals surface area (Å²) in [6.45, 7) is 6.07. The average Bonchev–Trinajstić information content (AvgIpc) is 3.07. The number of hydrogen-bond acceptors (Lipinski definition) is 4. The molecule has 0 aliphatic heterocycles. The summed E-state index contributed by atoms with van der Waals surface area (Å²) in [6, 6.07) is 13.9. The van der Waals surface area contributed by atoms with Crippen LogP contribution in [0, 0.1) is 5.82 Å². The van der Waals surface area contributed by atoms with Crippen molar-refractivity contribution in [3.63, 3.8) is 0 Å². The molecule has 27 heavy (non-hydrogen) atoms. The van der Waals surface area contributed by atoms with Gasteiger partial charge in [-0.2, -0.15) is 0 Å². The van der Waals surface area contributed by atoms with Crippen molar-refractivity contribution < 1.29 is 9.13 Å². The zero-order valence-electron chi connectivity index (χ0n) is 15.4. The lowest BCUT2D eigenvalue weighted by Gasteiger charge is -2.19. The van der Waals surface area contributed by atoms with E-state index < -0.39 is 0 Å². The number of ether oxygens (including phenoxy) is 1. The lowest BCUT2D eigenvalue weighted by molar-refractivity contribution is 0.207. The number of rotatable bonds is 7. The molecule has 2 aromatic carbocycles. The lowest BCUT2D eigenvalue weighted by Crippen LogP contribution is -2.14. The Hall–Kier alpha value is -2.05. The van der Waals surface area contributed by atoms with Crippen LogP contribution in [0.25, 0.3) is 0 Å². The van der Waals surface area contributed by atoms with Crippen LogP contribution in [-0.4, -0.2) is 14.8 Å². The molecule has 0 bridgehead atoms. The van der Waals surface area contributed by atoms with E-state index in [2.05, 4.69) is 28.6 Å². The van der Waals surface area contributed by atoms with Crippen LogP contribution >= 0.6 is 23.4 Å². The largest absolute Gasteiger partial charge is 0.483 e. The number of aromatic nitrogens is 3. The Balaban J connectivity index is 1.78. The van der Waals surface area contributed by atoms with Crippen LogP contribution in [0.4, 0.5) is 4.39 Å². The minimum Gasteiger partial charge on any atom is -0.483 e. The SMILES string of the molecule is CC(Oc1ccc(F)cc1)c1nnc(SCc2ccccc2Cl)n1C(C)C. The van der Waals surface area contributed by atoms with E-state index in [0.29, 0.717) is 11.5 Å². The second-order valence-electron chi connectivity index (χ2n) is 6.40. The summed E-state index contributed by atoms with van der Waals surface area (Å²) < 4.78 is 21.1. The van der Waals surface area contributed by atoms with Gasteiger partial charge in [0, 0.05) is 16.8 Å². The monoisotopic (exact) mass is 405 g/mol. The third-order valence-electron chi connectivity index (χ3n) is 4.01. The minimum absolute atomic E-state index is 0.169. The maximum absolute atomic E-state index is 13.1. The molecule has 3 aromatic rings. The maximum atomic E-state index is 13.1. The van der Waals surface area contributed by atoms with Crippen molar-refractivity contribution in [3.8, 4) is 5.75 Å². The molecule has 0 aliphatic rings. The van der Waals surface area contributed by atoms with Gasteiger partial charge >= 0.3 is 0 Å². The third kappa shape index (κ3) is 4.82. The summed E-state index contributed by atoms with van der Waals surface area (Å²) in [5.74, 6) is 1.74. The van der Waals surface area contributed by atoms with Crippen molar-refractivity contribution >= 4 is 23.4 Å². The smallest absolute Gasteiger partial charge is 0.191 e. The Morgan fingerprint density at radius 1 is 1.07 bits per heavy atom. The van der Waals surface area contributed by atoms with Gasteiger partial charge in [-0.25, -0.2) is 4.39 Å². The van der Waals surface area contributed by atoms with Gasteiger partial charge in [-0.05, 0) is 56.7 Å². The third-order valence-corrected chi connectivity index (χ3v) is 5.37. The molecule has 0 saturated heterocycles. The molecule has 4 nitrogen and oxygen atoms in total. The molecule has 1 unspecified atom stereocenters. The molecule has 0 spiro atoms. The van der Waals surface area contributed by atoms with Gasteiger partial charge in [0.05, 0.1) is 0 Å². The Morgan fingerprint density at radius 2 is 1.78 bits per heavy atom. The standard InChI is InChI=1S/C20H21ClFN3OS/c1-13(2)25-19(14(3)26-17-10-8-16(22)9-11-17)23-24-20(25)27-12-15-6-4-5-7-18(15)21/h4-11,13-14H,12H2,1-3H3. The topological polar surface area (TPSA) is 39.9 Å². The second-order valence-corrected chi connectivity index (χ2v) is 7.75. The van der Waals surface area contributed by atoms with E-state index in [1.807, 2.05) is 31.2 Å². The van der Waals surface area contributed by atoms with Crippen LogP contribution in [0.15, 0.2) is 53.7 Å². The van der Waals surface area contributed by atoms with Gasteiger partial charge in [0.2, 0.25) is 0 Å². The molecule has 0 N–H and O–H groups in total. The highest BCUT2D eigenvalue weighted by molar-refractivity contribution is 7.98. The molecule has 0 fully saturated rings. The fraction of sp³-hybridized carbons (Fsp3) is 0.300. The van der Waals surface area contributed by atoms with Gasteiger partial charge in [-0.15, -0.1) is 10.2 Å². The van der Waals surface area contributed by atoms with Crippen molar-refractivity contribution in [2.24, 2.45) is 0 Å². The summed E-state index contributed by atoms with van der Waals surface area (Å²) in [7, 11) is 0. The fourth-order valence-corrected chi connectivity index (χ4v) is 4.04. The van der Waals surface area contributed by atoms with Gasteiger partial charge in [0.15, 0.2) is 17.1 Å².